The van der Waals surface area contributed by atoms with Crippen LogP contribution in [0, 0.1) is 0 Å². The van der Waals surface area contributed by atoms with Crippen LogP contribution in [-0.4, -0.2) is 13.1 Å². The van der Waals surface area contributed by atoms with Crippen molar-refractivity contribution in [2.45, 2.75) is 32.0 Å². The van der Waals surface area contributed by atoms with E-state index >= 15 is 0 Å². The molecule has 0 spiro atoms. The molecule has 1 aromatic carbocycles. The van der Waals surface area contributed by atoms with Gasteiger partial charge in [0.15, 0.2) is 0 Å². The first-order valence-electron chi connectivity index (χ1n) is 5.82. The van der Waals surface area contributed by atoms with E-state index in [1.807, 2.05) is 0 Å². The average molecular weight is 349 g/mol. The van der Waals surface area contributed by atoms with Crippen molar-refractivity contribution >= 4 is 37.5 Å². The van der Waals surface area contributed by atoms with E-state index in [0.29, 0.717) is 0 Å². The molecule has 0 aliphatic rings. The van der Waals surface area contributed by atoms with Gasteiger partial charge in [-0.15, -0.1) is 0 Å². The number of rotatable bonds is 6. The second-order valence-corrected chi connectivity index (χ2v) is 5.27. The highest BCUT2D eigenvalue weighted by Crippen LogP contribution is 2.28. The molecule has 0 aliphatic carbocycles. The van der Waals surface area contributed by atoms with E-state index in [9.17, 15) is 0 Å². The zero-order valence-electron chi connectivity index (χ0n) is 9.97. The molecule has 0 saturated heterocycles. The molecule has 0 atom stereocenters. The third kappa shape index (κ3) is 3.77. The van der Waals surface area contributed by atoms with Gasteiger partial charge in [-0.25, -0.2) is 0 Å². The molecule has 0 heterocycles. The Morgan fingerprint density at radius 1 is 1.25 bits per heavy atom. The van der Waals surface area contributed by atoms with Crippen molar-refractivity contribution in [3.8, 4) is 0 Å². The fraction of sp³-hybridized carbons (Fsp3) is 0.538. The van der Waals surface area contributed by atoms with E-state index in [4.69, 9.17) is 0 Å². The Bertz CT molecular complexity index is 326. The fourth-order valence-corrected chi connectivity index (χ4v) is 2.71. The van der Waals surface area contributed by atoms with E-state index < -0.39 is 0 Å². The number of alkyl halides is 1. The molecule has 0 aromatic heterocycles. The Labute approximate surface area is 115 Å². The summed E-state index contributed by atoms with van der Waals surface area (Å²) in [6, 6.07) is 6.59. The molecule has 0 saturated carbocycles. The summed E-state index contributed by atoms with van der Waals surface area (Å²) in [6.07, 6.45) is 2.49. The molecule has 3 heteroatoms. The lowest BCUT2D eigenvalue weighted by Crippen LogP contribution is -2.24. The summed E-state index contributed by atoms with van der Waals surface area (Å²) in [4.78, 5) is 2.42. The molecular formula is C13H19Br2N. The highest BCUT2D eigenvalue weighted by molar-refractivity contribution is 9.10. The Morgan fingerprint density at radius 3 is 2.50 bits per heavy atom. The summed E-state index contributed by atoms with van der Waals surface area (Å²) in [6.45, 7) is 6.64. The van der Waals surface area contributed by atoms with Gasteiger partial charge in [-0.05, 0) is 47.0 Å². The van der Waals surface area contributed by atoms with Gasteiger partial charge < -0.3 is 4.90 Å². The van der Waals surface area contributed by atoms with Crippen LogP contribution in [0.25, 0.3) is 0 Å². The standard InChI is InChI=1S/C13H19Br2N/c1-3-5-8-16(4-2)13-7-6-11(10-14)9-12(13)15/h6-7,9H,3-5,8,10H2,1-2H3. The highest BCUT2D eigenvalue weighted by Gasteiger charge is 2.08. The molecule has 0 fully saturated rings. The van der Waals surface area contributed by atoms with Crippen LogP contribution in [0.1, 0.15) is 32.3 Å². The largest absolute Gasteiger partial charge is 0.371 e. The molecule has 0 aliphatic heterocycles. The Morgan fingerprint density at radius 2 is 2.00 bits per heavy atom. The maximum Gasteiger partial charge on any atom is 0.0510 e. The molecule has 1 nitrogen and oxygen atoms in total. The predicted molar refractivity (Wildman–Crippen MR) is 79.6 cm³/mol. The lowest BCUT2D eigenvalue weighted by Gasteiger charge is -2.24. The van der Waals surface area contributed by atoms with Crippen LogP contribution in [-0.2, 0) is 5.33 Å². The van der Waals surface area contributed by atoms with Gasteiger partial charge in [-0.3, -0.25) is 0 Å². The summed E-state index contributed by atoms with van der Waals surface area (Å²) < 4.78 is 1.20. The van der Waals surface area contributed by atoms with Crippen molar-refractivity contribution in [1.29, 1.82) is 0 Å². The van der Waals surface area contributed by atoms with Crippen LogP contribution in [0.4, 0.5) is 5.69 Å². The summed E-state index contributed by atoms with van der Waals surface area (Å²) >= 11 is 7.14. The van der Waals surface area contributed by atoms with Gasteiger partial charge in [-0.1, -0.05) is 35.3 Å². The van der Waals surface area contributed by atoms with Crippen molar-refractivity contribution < 1.29 is 0 Å². The number of hydrogen-bond acceptors (Lipinski definition) is 1. The van der Waals surface area contributed by atoms with Crippen LogP contribution in [0.15, 0.2) is 22.7 Å². The Balaban J connectivity index is 2.83. The van der Waals surface area contributed by atoms with E-state index in [2.05, 4.69) is 68.8 Å². The third-order valence-corrected chi connectivity index (χ3v) is 3.95. The third-order valence-electron chi connectivity index (χ3n) is 2.67. The maximum absolute atomic E-state index is 3.66. The minimum absolute atomic E-state index is 0.910. The molecule has 90 valence electrons. The van der Waals surface area contributed by atoms with Crippen molar-refractivity contribution in [1.82, 2.24) is 0 Å². The van der Waals surface area contributed by atoms with Crippen molar-refractivity contribution in [3.05, 3.63) is 28.2 Å². The number of hydrogen-bond donors (Lipinski definition) is 0. The van der Waals surface area contributed by atoms with E-state index in [1.165, 1.54) is 28.6 Å². The first kappa shape index (κ1) is 14.0. The minimum atomic E-state index is 0.910. The molecule has 0 amide bonds. The van der Waals surface area contributed by atoms with E-state index in [-0.39, 0.29) is 0 Å². The Hall–Kier alpha value is -0.0200. The molecule has 0 radical (unpaired) electrons. The first-order valence-corrected chi connectivity index (χ1v) is 7.73. The van der Waals surface area contributed by atoms with Gasteiger partial charge in [-0.2, -0.15) is 0 Å². The molecule has 1 aromatic rings. The monoisotopic (exact) mass is 347 g/mol. The SMILES string of the molecule is CCCCN(CC)c1ccc(CBr)cc1Br. The lowest BCUT2D eigenvalue weighted by molar-refractivity contribution is 0.731. The van der Waals surface area contributed by atoms with Gasteiger partial charge in [0.2, 0.25) is 0 Å². The highest BCUT2D eigenvalue weighted by atomic mass is 79.9. The maximum atomic E-state index is 3.66. The molecule has 0 unspecified atom stereocenters. The first-order chi connectivity index (χ1) is 7.72. The van der Waals surface area contributed by atoms with Gasteiger partial charge >= 0.3 is 0 Å². The van der Waals surface area contributed by atoms with Crippen LogP contribution >= 0.6 is 31.9 Å². The van der Waals surface area contributed by atoms with Crippen molar-refractivity contribution in [2.75, 3.05) is 18.0 Å². The zero-order chi connectivity index (χ0) is 12.0. The second-order valence-electron chi connectivity index (χ2n) is 3.85. The van der Waals surface area contributed by atoms with E-state index in [0.717, 1.165) is 18.4 Å². The summed E-state index contributed by atoms with van der Waals surface area (Å²) in [7, 11) is 0. The van der Waals surface area contributed by atoms with Gasteiger partial charge in [0, 0.05) is 22.9 Å². The molecule has 0 bridgehead atoms. The normalized spacial score (nSPS) is 10.5. The summed E-state index contributed by atoms with van der Waals surface area (Å²) in [5, 5.41) is 0.910. The van der Waals surface area contributed by atoms with Crippen LogP contribution < -0.4 is 4.90 Å². The quantitative estimate of drug-likeness (QED) is 0.656. The fourth-order valence-electron chi connectivity index (χ4n) is 1.69. The molecular weight excluding hydrogens is 330 g/mol. The van der Waals surface area contributed by atoms with Crippen LogP contribution in [0.5, 0.6) is 0 Å². The summed E-state index contributed by atoms with van der Waals surface area (Å²) in [5.74, 6) is 0. The number of unbranched alkanes of at least 4 members (excludes halogenated alkanes) is 1. The van der Waals surface area contributed by atoms with Crippen LogP contribution in [0.2, 0.25) is 0 Å². The predicted octanol–water partition coefficient (Wildman–Crippen LogP) is 4.97. The van der Waals surface area contributed by atoms with Gasteiger partial charge in [0.1, 0.15) is 0 Å². The average Bonchev–Trinajstić information content (AvgIpc) is 2.31. The molecule has 16 heavy (non-hydrogen) atoms. The number of nitrogens with zero attached hydrogens (tertiary/aromatic N) is 1. The van der Waals surface area contributed by atoms with Gasteiger partial charge in [0.25, 0.3) is 0 Å². The van der Waals surface area contributed by atoms with Crippen molar-refractivity contribution in [3.63, 3.8) is 0 Å². The smallest absolute Gasteiger partial charge is 0.0510 e. The Kier molecular flexibility index (Phi) is 6.44. The van der Waals surface area contributed by atoms with Crippen LogP contribution in [0.3, 0.4) is 0 Å². The molecule has 1 rings (SSSR count). The molecule has 0 N–H and O–H groups in total. The van der Waals surface area contributed by atoms with Gasteiger partial charge in [0.05, 0.1) is 5.69 Å². The van der Waals surface area contributed by atoms with E-state index in [1.54, 1.807) is 0 Å². The topological polar surface area (TPSA) is 3.24 Å². The minimum Gasteiger partial charge on any atom is -0.371 e. The number of halogens is 2. The summed E-state index contributed by atoms with van der Waals surface area (Å²) in [5.41, 5.74) is 2.61. The second kappa shape index (κ2) is 7.33. The lowest BCUT2D eigenvalue weighted by atomic mass is 10.2. The number of anilines is 1. The van der Waals surface area contributed by atoms with Crippen molar-refractivity contribution in [2.24, 2.45) is 0 Å². The number of benzene rings is 1. The zero-order valence-corrected chi connectivity index (χ0v) is 13.1.